The number of hydrogen-bond acceptors (Lipinski definition) is 6. The van der Waals surface area contributed by atoms with Gasteiger partial charge in [0, 0.05) is 7.11 Å². The third kappa shape index (κ3) is 3.75. The summed E-state index contributed by atoms with van der Waals surface area (Å²) in [5.41, 5.74) is -0.0591. The summed E-state index contributed by atoms with van der Waals surface area (Å²) in [7, 11) is -2.59. The molecule has 0 amide bonds. The van der Waals surface area contributed by atoms with Crippen molar-refractivity contribution in [3.63, 3.8) is 0 Å². The second-order valence-electron chi connectivity index (χ2n) is 3.95. The van der Waals surface area contributed by atoms with Crippen LogP contribution in [-0.4, -0.2) is 44.4 Å². The van der Waals surface area contributed by atoms with E-state index < -0.39 is 22.1 Å². The summed E-state index contributed by atoms with van der Waals surface area (Å²) >= 11 is 0. The fraction of sp³-hybridized carbons (Fsp3) is 0.600. The average molecular weight is 291 g/mol. The Hall–Kier alpha value is -1.45. The molecule has 0 aliphatic heterocycles. The van der Waals surface area contributed by atoms with Crippen molar-refractivity contribution in [3.05, 3.63) is 11.4 Å². The van der Waals surface area contributed by atoms with Gasteiger partial charge in [0.1, 0.15) is 11.0 Å². The van der Waals surface area contributed by atoms with Gasteiger partial charge in [-0.15, -0.1) is 0 Å². The minimum Gasteiger partial charge on any atom is -0.455 e. The maximum atomic E-state index is 11.8. The summed E-state index contributed by atoms with van der Waals surface area (Å²) in [6.07, 6.45) is -0.174. The van der Waals surface area contributed by atoms with Gasteiger partial charge in [-0.1, -0.05) is 6.92 Å². The molecule has 1 aromatic rings. The van der Waals surface area contributed by atoms with Crippen molar-refractivity contribution >= 4 is 16.0 Å². The maximum absolute atomic E-state index is 11.8. The van der Waals surface area contributed by atoms with E-state index in [-0.39, 0.29) is 22.9 Å². The van der Waals surface area contributed by atoms with Gasteiger partial charge in [0.05, 0.1) is 12.3 Å². The highest BCUT2D eigenvalue weighted by atomic mass is 32.2. The second kappa shape index (κ2) is 6.13. The molecule has 3 N–H and O–H groups in total. The lowest BCUT2D eigenvalue weighted by Gasteiger charge is -2.11. The fourth-order valence-electron chi connectivity index (χ4n) is 1.56. The van der Waals surface area contributed by atoms with E-state index in [2.05, 4.69) is 10.2 Å². The second-order valence-corrected chi connectivity index (χ2v) is 5.45. The first kappa shape index (κ1) is 15.6. The number of aromatic amines is 1. The number of hydrogen-bond donors (Lipinski definition) is 2. The summed E-state index contributed by atoms with van der Waals surface area (Å²) < 4.78 is 32.8. The number of nitrogens with one attached hydrogen (secondary N) is 1. The molecule has 19 heavy (non-hydrogen) atoms. The van der Waals surface area contributed by atoms with Crippen LogP contribution in [0.25, 0.3) is 0 Å². The van der Waals surface area contributed by atoms with Crippen molar-refractivity contribution in [2.45, 2.75) is 31.3 Å². The largest absolute Gasteiger partial charge is 0.455 e. The zero-order chi connectivity index (χ0) is 14.6. The number of carbonyl (C=O) groups is 1. The third-order valence-electron chi connectivity index (χ3n) is 2.33. The molecular formula is C10H17N3O5S. The number of carbonyl (C=O) groups excluding carboxylic acids is 1. The van der Waals surface area contributed by atoms with Gasteiger partial charge in [-0.25, -0.2) is 18.4 Å². The van der Waals surface area contributed by atoms with Gasteiger partial charge in [0.25, 0.3) is 0 Å². The van der Waals surface area contributed by atoms with E-state index >= 15 is 0 Å². The number of ether oxygens (including phenoxy) is 2. The van der Waals surface area contributed by atoms with E-state index in [1.165, 1.54) is 7.11 Å². The van der Waals surface area contributed by atoms with E-state index in [1.807, 2.05) is 0 Å². The zero-order valence-electron chi connectivity index (χ0n) is 11.0. The predicted octanol–water partition coefficient (Wildman–Crippen LogP) is -0.189. The molecule has 0 spiro atoms. The predicted molar refractivity (Wildman–Crippen MR) is 66.1 cm³/mol. The standard InChI is InChI=1S/C10H17N3O5S/c1-4-7-9(19(11,15)16)8(13-12-7)10(14)18-6(2)5-17-3/h6H,4-5H2,1-3H3,(H,12,13)(H2,11,15,16). The number of H-pyrrole nitrogens is 1. The van der Waals surface area contributed by atoms with E-state index in [9.17, 15) is 13.2 Å². The van der Waals surface area contributed by atoms with Crippen LogP contribution in [0.4, 0.5) is 0 Å². The number of nitrogens with zero attached hydrogens (tertiary/aromatic N) is 1. The molecule has 1 aromatic heterocycles. The molecule has 0 radical (unpaired) electrons. The Morgan fingerprint density at radius 3 is 2.63 bits per heavy atom. The number of sulfonamides is 1. The Morgan fingerprint density at radius 1 is 1.53 bits per heavy atom. The monoisotopic (exact) mass is 291 g/mol. The summed E-state index contributed by atoms with van der Waals surface area (Å²) in [6, 6.07) is 0. The number of nitrogens with two attached hydrogens (primary N) is 1. The van der Waals surface area contributed by atoms with Crippen LogP contribution < -0.4 is 5.14 Å². The van der Waals surface area contributed by atoms with Crippen LogP contribution in [0.1, 0.15) is 30.0 Å². The van der Waals surface area contributed by atoms with Crippen molar-refractivity contribution in [3.8, 4) is 0 Å². The van der Waals surface area contributed by atoms with Crippen molar-refractivity contribution in [2.24, 2.45) is 5.14 Å². The lowest BCUT2D eigenvalue weighted by Crippen LogP contribution is -2.23. The number of primary sulfonamides is 1. The van der Waals surface area contributed by atoms with Crippen LogP contribution >= 0.6 is 0 Å². The minimum atomic E-state index is -4.05. The molecule has 0 aromatic carbocycles. The molecule has 1 atom stereocenters. The Morgan fingerprint density at radius 2 is 2.16 bits per heavy atom. The first-order valence-electron chi connectivity index (χ1n) is 5.61. The van der Waals surface area contributed by atoms with Crippen molar-refractivity contribution < 1.29 is 22.7 Å². The van der Waals surface area contributed by atoms with Crippen LogP contribution in [0.5, 0.6) is 0 Å². The molecule has 1 heterocycles. The first-order valence-corrected chi connectivity index (χ1v) is 7.15. The number of rotatable bonds is 6. The normalized spacial score (nSPS) is 13.3. The molecule has 0 aliphatic rings. The quantitative estimate of drug-likeness (QED) is 0.700. The van der Waals surface area contributed by atoms with E-state index in [1.54, 1.807) is 13.8 Å². The molecule has 108 valence electrons. The molecule has 1 unspecified atom stereocenters. The fourth-order valence-corrected chi connectivity index (χ4v) is 2.49. The Bertz CT molecular complexity index is 552. The van der Waals surface area contributed by atoms with Gasteiger partial charge in [-0.3, -0.25) is 5.10 Å². The molecule has 1 rings (SSSR count). The number of aryl methyl sites for hydroxylation is 1. The average Bonchev–Trinajstić information content (AvgIpc) is 2.72. The highest BCUT2D eigenvalue weighted by Crippen LogP contribution is 2.18. The van der Waals surface area contributed by atoms with Gasteiger partial charge >= 0.3 is 5.97 Å². The smallest absolute Gasteiger partial charge is 0.360 e. The summed E-state index contributed by atoms with van der Waals surface area (Å²) in [5, 5.41) is 11.2. The molecule has 0 bridgehead atoms. The molecule has 8 nitrogen and oxygen atoms in total. The highest BCUT2D eigenvalue weighted by molar-refractivity contribution is 7.89. The van der Waals surface area contributed by atoms with Crippen LogP contribution in [0.3, 0.4) is 0 Å². The van der Waals surface area contributed by atoms with Gasteiger partial charge < -0.3 is 9.47 Å². The van der Waals surface area contributed by atoms with Crippen LogP contribution in [0, 0.1) is 0 Å². The lowest BCUT2D eigenvalue weighted by molar-refractivity contribution is 0.0110. The number of methoxy groups -OCH3 is 1. The first-order chi connectivity index (χ1) is 8.81. The van der Waals surface area contributed by atoms with Crippen molar-refractivity contribution in [1.82, 2.24) is 10.2 Å². The van der Waals surface area contributed by atoms with Gasteiger partial charge in [0.2, 0.25) is 10.0 Å². The Balaban J connectivity index is 3.08. The van der Waals surface area contributed by atoms with Crippen LogP contribution in [0.2, 0.25) is 0 Å². The summed E-state index contributed by atoms with van der Waals surface area (Å²) in [5.74, 6) is -0.857. The molecule has 0 fully saturated rings. The summed E-state index contributed by atoms with van der Waals surface area (Å²) in [4.78, 5) is 11.5. The Labute approximate surface area is 111 Å². The van der Waals surface area contributed by atoms with E-state index in [0.29, 0.717) is 6.42 Å². The van der Waals surface area contributed by atoms with Gasteiger partial charge in [-0.2, -0.15) is 5.10 Å². The Kier molecular flexibility index (Phi) is 5.04. The molecular weight excluding hydrogens is 274 g/mol. The van der Waals surface area contributed by atoms with E-state index in [0.717, 1.165) is 0 Å². The topological polar surface area (TPSA) is 124 Å². The van der Waals surface area contributed by atoms with E-state index in [4.69, 9.17) is 14.6 Å². The zero-order valence-corrected chi connectivity index (χ0v) is 11.8. The van der Waals surface area contributed by atoms with Gasteiger partial charge in [-0.05, 0) is 13.3 Å². The van der Waals surface area contributed by atoms with Crippen LogP contribution in [0.15, 0.2) is 4.90 Å². The van der Waals surface area contributed by atoms with Crippen molar-refractivity contribution in [1.29, 1.82) is 0 Å². The molecule has 0 saturated heterocycles. The molecule has 9 heteroatoms. The molecule has 0 aliphatic carbocycles. The highest BCUT2D eigenvalue weighted by Gasteiger charge is 2.28. The lowest BCUT2D eigenvalue weighted by atomic mass is 10.3. The van der Waals surface area contributed by atoms with Crippen LogP contribution in [-0.2, 0) is 25.9 Å². The van der Waals surface area contributed by atoms with Crippen molar-refractivity contribution in [2.75, 3.05) is 13.7 Å². The third-order valence-corrected chi connectivity index (χ3v) is 3.34. The summed E-state index contributed by atoms with van der Waals surface area (Å²) in [6.45, 7) is 3.53. The maximum Gasteiger partial charge on any atom is 0.360 e. The van der Waals surface area contributed by atoms with Gasteiger partial charge in [0.15, 0.2) is 5.69 Å². The number of esters is 1. The molecule has 0 saturated carbocycles. The number of aromatic nitrogens is 2. The minimum absolute atomic E-state index is 0.196. The SMILES string of the molecule is CCc1[nH]nc(C(=O)OC(C)COC)c1S(N)(=O)=O.